The highest BCUT2D eigenvalue weighted by molar-refractivity contribution is 5.94. The quantitative estimate of drug-likeness (QED) is 0.711. The number of anilines is 1. The summed E-state index contributed by atoms with van der Waals surface area (Å²) in [6, 6.07) is 14.5. The molecule has 0 atom stereocenters. The third-order valence-corrected chi connectivity index (χ3v) is 4.24. The Labute approximate surface area is 165 Å². The average Bonchev–Trinajstić information content (AvgIpc) is 2.68. The van der Waals surface area contributed by atoms with Crippen molar-refractivity contribution in [2.75, 3.05) is 18.1 Å². The molecule has 28 heavy (non-hydrogen) atoms. The predicted octanol–water partition coefficient (Wildman–Crippen LogP) is 3.23. The van der Waals surface area contributed by atoms with Gasteiger partial charge in [-0.3, -0.25) is 9.59 Å². The summed E-state index contributed by atoms with van der Waals surface area (Å²) in [4.78, 5) is 37.4. The van der Waals surface area contributed by atoms with Crippen LogP contribution in [0, 0.1) is 6.92 Å². The molecule has 0 unspecified atom stereocenters. The van der Waals surface area contributed by atoms with Crippen LogP contribution < -0.4 is 10.2 Å². The molecule has 0 saturated carbocycles. The number of carbonyl (C=O) groups excluding carboxylic acids is 3. The summed E-state index contributed by atoms with van der Waals surface area (Å²) in [6.07, 6.45) is 0.186. The Hall–Kier alpha value is -3.15. The van der Waals surface area contributed by atoms with E-state index >= 15 is 0 Å². The van der Waals surface area contributed by atoms with Crippen LogP contribution >= 0.6 is 0 Å². The van der Waals surface area contributed by atoms with Crippen molar-refractivity contribution in [3.8, 4) is 0 Å². The second-order valence-corrected chi connectivity index (χ2v) is 6.45. The predicted molar refractivity (Wildman–Crippen MR) is 108 cm³/mol. The molecule has 0 spiro atoms. The van der Waals surface area contributed by atoms with E-state index in [1.54, 1.807) is 31.2 Å². The molecule has 2 amide bonds. The van der Waals surface area contributed by atoms with E-state index < -0.39 is 5.97 Å². The van der Waals surface area contributed by atoms with Crippen LogP contribution in [-0.4, -0.2) is 30.9 Å². The van der Waals surface area contributed by atoms with Crippen molar-refractivity contribution in [2.45, 2.75) is 33.7 Å². The Bertz CT molecular complexity index is 813. The summed E-state index contributed by atoms with van der Waals surface area (Å²) in [5.74, 6) is -0.705. The fraction of sp³-hybridized carbons (Fsp3) is 0.318. The van der Waals surface area contributed by atoms with Crippen molar-refractivity contribution in [3.63, 3.8) is 0 Å². The maximum absolute atomic E-state index is 12.1. The van der Waals surface area contributed by atoms with Crippen molar-refractivity contribution >= 4 is 23.5 Å². The monoisotopic (exact) mass is 382 g/mol. The molecule has 0 heterocycles. The minimum atomic E-state index is -0.404. The first-order chi connectivity index (χ1) is 13.4. The number of carbonyl (C=O) groups is 3. The number of amides is 2. The number of hydrogen-bond donors (Lipinski definition) is 1. The van der Waals surface area contributed by atoms with Gasteiger partial charge in [0.25, 0.3) is 0 Å². The van der Waals surface area contributed by atoms with Crippen LogP contribution in [0.1, 0.15) is 41.8 Å². The van der Waals surface area contributed by atoms with Crippen molar-refractivity contribution in [1.29, 1.82) is 0 Å². The molecule has 0 bridgehead atoms. The number of esters is 1. The first-order valence-corrected chi connectivity index (χ1v) is 9.28. The summed E-state index contributed by atoms with van der Waals surface area (Å²) in [6.45, 7) is 6.22. The van der Waals surface area contributed by atoms with Gasteiger partial charge in [-0.05, 0) is 43.7 Å². The molecule has 0 fully saturated rings. The molecule has 2 aromatic rings. The molecule has 0 radical (unpaired) electrons. The van der Waals surface area contributed by atoms with E-state index in [-0.39, 0.29) is 24.8 Å². The smallest absolute Gasteiger partial charge is 0.338 e. The largest absolute Gasteiger partial charge is 0.462 e. The molecular formula is C22H26N2O4. The highest BCUT2D eigenvalue weighted by atomic mass is 16.5. The fourth-order valence-corrected chi connectivity index (χ4v) is 2.67. The lowest BCUT2D eigenvalue weighted by molar-refractivity contribution is -0.121. The lowest BCUT2D eigenvalue weighted by Gasteiger charge is -2.21. The second-order valence-electron chi connectivity index (χ2n) is 6.45. The number of benzene rings is 2. The molecule has 148 valence electrons. The van der Waals surface area contributed by atoms with Crippen LogP contribution in [0.2, 0.25) is 0 Å². The summed E-state index contributed by atoms with van der Waals surface area (Å²) in [5.41, 5.74) is 3.25. The number of hydrogen-bond acceptors (Lipinski definition) is 4. The van der Waals surface area contributed by atoms with E-state index in [4.69, 9.17) is 4.74 Å². The van der Waals surface area contributed by atoms with Gasteiger partial charge in [-0.25, -0.2) is 4.79 Å². The maximum Gasteiger partial charge on any atom is 0.338 e. The van der Waals surface area contributed by atoms with Gasteiger partial charge in [0.1, 0.15) is 0 Å². The standard InChI is InChI=1S/C22H26N2O4/c1-4-28-22(27)19-9-11-20(12-10-19)24(17(3)25)14-13-21(26)23-15-18-7-5-16(2)6-8-18/h5-12H,4,13-15H2,1-3H3,(H,23,26). The maximum atomic E-state index is 12.1. The summed E-state index contributed by atoms with van der Waals surface area (Å²) >= 11 is 0. The molecule has 6 nitrogen and oxygen atoms in total. The first kappa shape index (κ1) is 21.2. The molecule has 6 heteroatoms. The molecule has 0 aliphatic heterocycles. The van der Waals surface area contributed by atoms with Gasteiger partial charge >= 0.3 is 5.97 Å². The van der Waals surface area contributed by atoms with Gasteiger partial charge in [0, 0.05) is 32.1 Å². The van der Waals surface area contributed by atoms with Crippen molar-refractivity contribution in [3.05, 3.63) is 65.2 Å². The topological polar surface area (TPSA) is 75.7 Å². The Kier molecular flexibility index (Phi) is 7.75. The van der Waals surface area contributed by atoms with Gasteiger partial charge in [0.15, 0.2) is 0 Å². The molecule has 0 saturated heterocycles. The average molecular weight is 382 g/mol. The lowest BCUT2D eigenvalue weighted by atomic mass is 10.1. The van der Waals surface area contributed by atoms with Gasteiger partial charge < -0.3 is 15.0 Å². The summed E-state index contributed by atoms with van der Waals surface area (Å²) in [5, 5.41) is 2.86. The van der Waals surface area contributed by atoms with Gasteiger partial charge in [0.05, 0.1) is 12.2 Å². The molecule has 0 aliphatic rings. The fourth-order valence-electron chi connectivity index (χ4n) is 2.67. The van der Waals surface area contributed by atoms with Gasteiger partial charge in [0.2, 0.25) is 11.8 Å². The van der Waals surface area contributed by atoms with Crippen molar-refractivity contribution in [1.82, 2.24) is 5.32 Å². The Morgan fingerprint density at radius 1 is 1.00 bits per heavy atom. The van der Waals surface area contributed by atoms with Crippen LogP contribution in [-0.2, 0) is 20.9 Å². The molecule has 0 aromatic heterocycles. The zero-order valence-corrected chi connectivity index (χ0v) is 16.5. The first-order valence-electron chi connectivity index (χ1n) is 9.28. The number of nitrogens with zero attached hydrogens (tertiary/aromatic N) is 1. The van der Waals surface area contributed by atoms with Crippen LogP contribution in [0.15, 0.2) is 48.5 Å². The lowest BCUT2D eigenvalue weighted by Crippen LogP contribution is -2.33. The Morgan fingerprint density at radius 2 is 1.64 bits per heavy atom. The minimum Gasteiger partial charge on any atom is -0.462 e. The van der Waals surface area contributed by atoms with Crippen LogP contribution in [0.3, 0.4) is 0 Å². The van der Waals surface area contributed by atoms with Crippen LogP contribution in [0.5, 0.6) is 0 Å². The zero-order valence-electron chi connectivity index (χ0n) is 16.5. The second kappa shape index (κ2) is 10.3. The van der Waals surface area contributed by atoms with Gasteiger partial charge in [-0.2, -0.15) is 0 Å². The number of ether oxygens (including phenoxy) is 1. The summed E-state index contributed by atoms with van der Waals surface area (Å²) in [7, 11) is 0. The normalized spacial score (nSPS) is 10.2. The van der Waals surface area contributed by atoms with Crippen molar-refractivity contribution in [2.24, 2.45) is 0 Å². The van der Waals surface area contributed by atoms with E-state index in [1.807, 2.05) is 31.2 Å². The SMILES string of the molecule is CCOC(=O)c1ccc(N(CCC(=O)NCc2ccc(C)cc2)C(C)=O)cc1. The van der Waals surface area contributed by atoms with E-state index in [0.29, 0.717) is 24.4 Å². The molecule has 2 aromatic carbocycles. The highest BCUT2D eigenvalue weighted by Crippen LogP contribution is 2.17. The molecule has 1 N–H and O–H groups in total. The van der Waals surface area contributed by atoms with Crippen molar-refractivity contribution < 1.29 is 19.1 Å². The van der Waals surface area contributed by atoms with Crippen LogP contribution in [0.25, 0.3) is 0 Å². The van der Waals surface area contributed by atoms with Crippen LogP contribution in [0.4, 0.5) is 5.69 Å². The molecular weight excluding hydrogens is 356 g/mol. The van der Waals surface area contributed by atoms with Gasteiger partial charge in [-0.15, -0.1) is 0 Å². The Balaban J connectivity index is 1.91. The zero-order chi connectivity index (χ0) is 20.5. The third kappa shape index (κ3) is 6.23. The van der Waals surface area contributed by atoms with E-state index in [9.17, 15) is 14.4 Å². The number of rotatable bonds is 8. The molecule has 0 aliphatic carbocycles. The number of aryl methyl sites for hydroxylation is 1. The Morgan fingerprint density at radius 3 is 2.21 bits per heavy atom. The van der Waals surface area contributed by atoms with E-state index in [0.717, 1.165) is 5.56 Å². The number of nitrogens with one attached hydrogen (secondary N) is 1. The van der Waals surface area contributed by atoms with E-state index in [2.05, 4.69) is 5.32 Å². The minimum absolute atomic E-state index is 0.130. The molecule has 2 rings (SSSR count). The van der Waals surface area contributed by atoms with E-state index in [1.165, 1.54) is 17.4 Å². The van der Waals surface area contributed by atoms with Gasteiger partial charge in [-0.1, -0.05) is 29.8 Å². The summed E-state index contributed by atoms with van der Waals surface area (Å²) < 4.78 is 4.95. The highest BCUT2D eigenvalue weighted by Gasteiger charge is 2.14. The third-order valence-electron chi connectivity index (χ3n) is 4.24.